The number of nitrogens with zero attached hydrogens (tertiary/aromatic N) is 3. The van der Waals surface area contributed by atoms with Gasteiger partial charge in [-0.15, -0.1) is 0 Å². The number of hydrogen-bond donors (Lipinski definition) is 1. The fraction of sp³-hybridized carbons (Fsp3) is 0.182. The average molecular weight is 217 g/mol. The van der Waals surface area contributed by atoms with Crippen molar-refractivity contribution in [3.63, 3.8) is 0 Å². The molecule has 0 saturated carbocycles. The zero-order valence-corrected chi connectivity index (χ0v) is 9.01. The molecule has 0 saturated heterocycles. The van der Waals surface area contributed by atoms with Gasteiger partial charge in [-0.1, -0.05) is 0 Å². The molecule has 1 N–H and O–H groups in total. The topological polar surface area (TPSA) is 66.3 Å². The van der Waals surface area contributed by atoms with E-state index in [1.165, 1.54) is 0 Å². The van der Waals surface area contributed by atoms with Crippen LogP contribution in [0.2, 0.25) is 0 Å². The zero-order chi connectivity index (χ0) is 11.7. The van der Waals surface area contributed by atoms with E-state index in [0.717, 1.165) is 5.39 Å². The number of hydrogen-bond acceptors (Lipinski definition) is 4. The molecule has 0 aromatic carbocycles. The van der Waals surface area contributed by atoms with Crippen LogP contribution in [0, 0.1) is 0 Å². The zero-order valence-electron chi connectivity index (χ0n) is 9.01. The Bertz CT molecular complexity index is 552. The van der Waals surface area contributed by atoms with Crippen molar-refractivity contribution in [1.29, 1.82) is 0 Å². The molecule has 0 unspecified atom stereocenters. The number of anilines is 1. The normalized spacial score (nSPS) is 10.4. The predicted octanol–water partition coefficient (Wildman–Crippen LogP) is 1.39. The van der Waals surface area contributed by atoms with Crippen LogP contribution in [0.4, 0.5) is 5.69 Å². The van der Waals surface area contributed by atoms with E-state index in [9.17, 15) is 4.79 Å². The Morgan fingerprint density at radius 2 is 2.19 bits per heavy atom. The Kier molecular flexibility index (Phi) is 2.44. The molecule has 2 rings (SSSR count). The lowest BCUT2D eigenvalue weighted by Crippen LogP contribution is -2.15. The molecule has 16 heavy (non-hydrogen) atoms. The minimum atomic E-state index is -1.05. The fourth-order valence-corrected chi connectivity index (χ4v) is 1.49. The highest BCUT2D eigenvalue weighted by atomic mass is 16.4. The number of aromatic carboxylic acids is 1. The van der Waals surface area contributed by atoms with Crippen LogP contribution in [-0.4, -0.2) is 35.1 Å². The lowest BCUT2D eigenvalue weighted by molar-refractivity contribution is 0.0691. The minimum Gasteiger partial charge on any atom is -0.476 e. The number of carbonyl (C=O) groups is 1. The molecule has 0 radical (unpaired) electrons. The van der Waals surface area contributed by atoms with Crippen molar-refractivity contribution in [3.8, 4) is 0 Å². The van der Waals surface area contributed by atoms with Crippen molar-refractivity contribution in [2.75, 3.05) is 19.0 Å². The summed E-state index contributed by atoms with van der Waals surface area (Å²) in [5.41, 5.74) is 1.05. The summed E-state index contributed by atoms with van der Waals surface area (Å²) in [5.74, 6) is -1.05. The van der Waals surface area contributed by atoms with E-state index >= 15 is 0 Å². The molecule has 0 aliphatic heterocycles. The molecule has 0 amide bonds. The molecule has 0 aliphatic carbocycles. The highest BCUT2D eigenvalue weighted by molar-refractivity contribution is 5.96. The quantitative estimate of drug-likeness (QED) is 0.823. The van der Waals surface area contributed by atoms with E-state index in [-0.39, 0.29) is 5.69 Å². The third-order valence-corrected chi connectivity index (χ3v) is 2.25. The minimum absolute atomic E-state index is 0.0243. The lowest BCUT2D eigenvalue weighted by atomic mass is 10.2. The van der Waals surface area contributed by atoms with Gasteiger partial charge in [0, 0.05) is 25.7 Å². The average Bonchev–Trinajstić information content (AvgIpc) is 2.27. The molecular formula is C11H11N3O2. The lowest BCUT2D eigenvalue weighted by Gasteiger charge is -2.15. The van der Waals surface area contributed by atoms with Crippen molar-refractivity contribution in [2.24, 2.45) is 0 Å². The van der Waals surface area contributed by atoms with Gasteiger partial charge in [0.25, 0.3) is 0 Å². The predicted molar refractivity (Wildman–Crippen MR) is 60.8 cm³/mol. The molecule has 0 atom stereocenters. The molecule has 2 aromatic rings. The van der Waals surface area contributed by atoms with Crippen LogP contribution >= 0.6 is 0 Å². The van der Waals surface area contributed by atoms with Crippen LogP contribution in [0.15, 0.2) is 24.4 Å². The van der Waals surface area contributed by atoms with Gasteiger partial charge in [-0.05, 0) is 18.2 Å². The molecule has 0 aliphatic rings. The number of aromatic nitrogens is 2. The maximum atomic E-state index is 11.1. The van der Waals surface area contributed by atoms with Crippen LogP contribution in [0.1, 0.15) is 10.5 Å². The van der Waals surface area contributed by atoms with Gasteiger partial charge in [0.15, 0.2) is 11.3 Å². The fourth-order valence-electron chi connectivity index (χ4n) is 1.49. The highest BCUT2D eigenvalue weighted by Gasteiger charge is 2.15. The summed E-state index contributed by atoms with van der Waals surface area (Å²) in [6, 6.07) is 5.43. The summed E-state index contributed by atoms with van der Waals surface area (Å²) in [6.45, 7) is 0. The van der Waals surface area contributed by atoms with Gasteiger partial charge in [0.05, 0.1) is 5.69 Å². The van der Waals surface area contributed by atoms with Crippen molar-refractivity contribution in [2.45, 2.75) is 0 Å². The standard InChI is InChI=1S/C11H11N3O2/c1-14(2)8-6-7-4-3-5-12-10(7)13-9(8)11(15)16/h3-6H,1-2H3,(H,15,16). The summed E-state index contributed by atoms with van der Waals surface area (Å²) in [4.78, 5) is 20.9. The van der Waals surface area contributed by atoms with Gasteiger partial charge < -0.3 is 10.0 Å². The Balaban J connectivity index is 2.76. The molecule has 5 heteroatoms. The van der Waals surface area contributed by atoms with Crippen LogP contribution in [0.5, 0.6) is 0 Å². The number of rotatable bonds is 2. The summed E-state index contributed by atoms with van der Waals surface area (Å²) >= 11 is 0. The summed E-state index contributed by atoms with van der Waals surface area (Å²) in [5, 5.41) is 9.89. The molecule has 5 nitrogen and oxygen atoms in total. The van der Waals surface area contributed by atoms with Crippen molar-refractivity contribution in [3.05, 3.63) is 30.1 Å². The molecule has 2 heterocycles. The largest absolute Gasteiger partial charge is 0.476 e. The maximum absolute atomic E-state index is 11.1. The van der Waals surface area contributed by atoms with Gasteiger partial charge in [-0.2, -0.15) is 0 Å². The highest BCUT2D eigenvalue weighted by Crippen LogP contribution is 2.21. The van der Waals surface area contributed by atoms with Crippen LogP contribution in [0.3, 0.4) is 0 Å². The molecular weight excluding hydrogens is 206 g/mol. The van der Waals surface area contributed by atoms with Crippen molar-refractivity contribution >= 4 is 22.7 Å². The Labute approximate surface area is 92.4 Å². The Hall–Kier alpha value is -2.17. The second-order valence-corrected chi connectivity index (χ2v) is 3.61. The summed E-state index contributed by atoms with van der Waals surface area (Å²) < 4.78 is 0. The van der Waals surface area contributed by atoms with Gasteiger partial charge in [0.2, 0.25) is 0 Å². The molecule has 0 fully saturated rings. The van der Waals surface area contributed by atoms with Crippen molar-refractivity contribution < 1.29 is 9.90 Å². The van der Waals surface area contributed by atoms with Gasteiger partial charge in [-0.25, -0.2) is 14.8 Å². The monoisotopic (exact) mass is 217 g/mol. The van der Waals surface area contributed by atoms with E-state index in [1.54, 1.807) is 37.3 Å². The first-order valence-corrected chi connectivity index (χ1v) is 4.76. The van der Waals surface area contributed by atoms with Crippen LogP contribution < -0.4 is 4.90 Å². The first kappa shape index (κ1) is 10.4. The smallest absolute Gasteiger partial charge is 0.356 e. The number of fused-ring (bicyclic) bond motifs is 1. The molecule has 2 aromatic heterocycles. The summed E-state index contributed by atoms with van der Waals surface area (Å²) in [7, 11) is 3.57. The van der Waals surface area contributed by atoms with E-state index in [0.29, 0.717) is 11.3 Å². The van der Waals surface area contributed by atoms with Gasteiger partial charge >= 0.3 is 5.97 Å². The third kappa shape index (κ3) is 1.67. The second-order valence-electron chi connectivity index (χ2n) is 3.61. The maximum Gasteiger partial charge on any atom is 0.356 e. The number of pyridine rings is 2. The van der Waals surface area contributed by atoms with Crippen LogP contribution in [0.25, 0.3) is 11.0 Å². The van der Waals surface area contributed by atoms with Gasteiger partial charge in [-0.3, -0.25) is 0 Å². The first-order valence-electron chi connectivity index (χ1n) is 4.76. The number of carboxylic acid groups (broad SMARTS) is 1. The summed E-state index contributed by atoms with van der Waals surface area (Å²) in [6.07, 6.45) is 1.59. The SMILES string of the molecule is CN(C)c1cc2cccnc2nc1C(=O)O. The number of carboxylic acids is 1. The van der Waals surface area contributed by atoms with Crippen LogP contribution in [-0.2, 0) is 0 Å². The Morgan fingerprint density at radius 3 is 2.81 bits per heavy atom. The molecule has 0 bridgehead atoms. The van der Waals surface area contributed by atoms with E-state index in [2.05, 4.69) is 9.97 Å². The van der Waals surface area contributed by atoms with Crippen molar-refractivity contribution in [1.82, 2.24) is 9.97 Å². The van der Waals surface area contributed by atoms with E-state index in [4.69, 9.17) is 5.11 Å². The second kappa shape index (κ2) is 3.77. The molecule has 82 valence electrons. The molecule has 0 spiro atoms. The Morgan fingerprint density at radius 1 is 1.44 bits per heavy atom. The first-order chi connectivity index (χ1) is 7.59. The van der Waals surface area contributed by atoms with E-state index < -0.39 is 5.97 Å². The van der Waals surface area contributed by atoms with E-state index in [1.807, 2.05) is 6.07 Å². The third-order valence-electron chi connectivity index (χ3n) is 2.25. The van der Waals surface area contributed by atoms with Gasteiger partial charge in [0.1, 0.15) is 0 Å².